The van der Waals surface area contributed by atoms with E-state index in [1.54, 1.807) is 12.1 Å². The molecule has 0 bridgehead atoms. The molecule has 124 valence electrons. The number of carbonyl (C=O) groups excluding carboxylic acids is 3. The Morgan fingerprint density at radius 3 is 2.79 bits per heavy atom. The average Bonchev–Trinajstić information content (AvgIpc) is 2.86. The van der Waals surface area contributed by atoms with Crippen LogP contribution in [0.3, 0.4) is 0 Å². The van der Waals surface area contributed by atoms with Gasteiger partial charge in [0.15, 0.2) is 16.7 Å². The van der Waals surface area contributed by atoms with Crippen LogP contribution in [-0.2, 0) is 11.2 Å². The normalized spacial score (nSPS) is 17.1. The number of nitrogens with zero attached hydrogens (tertiary/aromatic N) is 2. The molecule has 0 fully saturated rings. The van der Waals surface area contributed by atoms with Crippen LogP contribution in [0.4, 0.5) is 5.13 Å². The Morgan fingerprint density at radius 1 is 1.33 bits per heavy atom. The number of fused-ring (bicyclic) bond motifs is 1. The molecule has 6 nitrogen and oxygen atoms in total. The van der Waals surface area contributed by atoms with Crippen molar-refractivity contribution in [1.29, 1.82) is 0 Å². The third-order valence-corrected chi connectivity index (χ3v) is 4.97. The zero-order chi connectivity index (χ0) is 17.3. The summed E-state index contributed by atoms with van der Waals surface area (Å²) >= 11 is 1.14. The number of thiazole rings is 1. The third-order valence-electron chi connectivity index (χ3n) is 3.94. The Bertz CT molecular complexity index is 811. The van der Waals surface area contributed by atoms with E-state index in [9.17, 15) is 14.4 Å². The SMILES string of the molecule is CC(=O)Nc1nc2c(s1)C(=O)C(C(=O)c1ccc(C)nc1)CCC2. The third kappa shape index (κ3) is 3.26. The smallest absolute Gasteiger partial charge is 0.223 e. The monoisotopic (exact) mass is 343 g/mol. The molecule has 1 N–H and O–H groups in total. The van der Waals surface area contributed by atoms with Crippen LogP contribution in [0.2, 0.25) is 0 Å². The van der Waals surface area contributed by atoms with Crippen LogP contribution in [0.1, 0.15) is 51.2 Å². The number of Topliss-reactive ketones (excluding diaryl/α,β-unsaturated/α-hetero) is 2. The molecule has 1 amide bonds. The van der Waals surface area contributed by atoms with E-state index in [0.29, 0.717) is 40.5 Å². The number of hydrogen-bond acceptors (Lipinski definition) is 6. The first-order valence-electron chi connectivity index (χ1n) is 7.74. The van der Waals surface area contributed by atoms with E-state index >= 15 is 0 Å². The van der Waals surface area contributed by atoms with Gasteiger partial charge in [-0.25, -0.2) is 4.98 Å². The second kappa shape index (κ2) is 6.60. The highest BCUT2D eigenvalue weighted by molar-refractivity contribution is 7.17. The summed E-state index contributed by atoms with van der Waals surface area (Å²) in [4.78, 5) is 45.7. The standard InChI is InChI=1S/C17H17N3O3S/c1-9-6-7-11(8-18-9)14(22)12-4-3-5-13-16(15(12)23)24-17(20-13)19-10(2)21/h6-8,12H,3-5H2,1-2H3,(H,19,20,21). The number of pyridine rings is 1. The minimum absolute atomic E-state index is 0.199. The van der Waals surface area contributed by atoms with Crippen LogP contribution in [0.15, 0.2) is 18.3 Å². The van der Waals surface area contributed by atoms with Crippen molar-refractivity contribution in [3.8, 4) is 0 Å². The summed E-state index contributed by atoms with van der Waals surface area (Å²) in [6.07, 6.45) is 3.36. The zero-order valence-electron chi connectivity index (χ0n) is 13.5. The summed E-state index contributed by atoms with van der Waals surface area (Å²) in [7, 11) is 0. The molecule has 2 heterocycles. The van der Waals surface area contributed by atoms with Crippen molar-refractivity contribution in [3.63, 3.8) is 0 Å². The molecule has 0 aliphatic heterocycles. The molecule has 0 saturated carbocycles. The minimum Gasteiger partial charge on any atom is -0.302 e. The van der Waals surface area contributed by atoms with Gasteiger partial charge in [0.1, 0.15) is 0 Å². The average molecular weight is 343 g/mol. The first kappa shape index (κ1) is 16.4. The maximum absolute atomic E-state index is 12.8. The highest BCUT2D eigenvalue weighted by Crippen LogP contribution is 2.32. The number of aromatic nitrogens is 2. The highest BCUT2D eigenvalue weighted by Gasteiger charge is 2.34. The van der Waals surface area contributed by atoms with Crippen molar-refractivity contribution in [2.75, 3.05) is 5.32 Å². The Kier molecular flexibility index (Phi) is 4.53. The molecule has 0 radical (unpaired) electrons. The molecule has 1 unspecified atom stereocenters. The van der Waals surface area contributed by atoms with Gasteiger partial charge in [-0.05, 0) is 38.3 Å². The van der Waals surface area contributed by atoms with Gasteiger partial charge < -0.3 is 5.32 Å². The van der Waals surface area contributed by atoms with E-state index in [0.717, 1.165) is 17.0 Å². The van der Waals surface area contributed by atoms with Gasteiger partial charge in [-0.2, -0.15) is 0 Å². The number of ketones is 2. The first-order valence-corrected chi connectivity index (χ1v) is 8.55. The van der Waals surface area contributed by atoms with E-state index in [4.69, 9.17) is 0 Å². The molecule has 2 aromatic heterocycles. The van der Waals surface area contributed by atoms with Crippen molar-refractivity contribution < 1.29 is 14.4 Å². The van der Waals surface area contributed by atoms with Crippen molar-refractivity contribution >= 4 is 33.9 Å². The number of carbonyl (C=O) groups is 3. The van der Waals surface area contributed by atoms with Gasteiger partial charge in [0.05, 0.1) is 16.5 Å². The topological polar surface area (TPSA) is 89.0 Å². The maximum atomic E-state index is 12.8. The number of anilines is 1. The zero-order valence-corrected chi connectivity index (χ0v) is 14.3. The Labute approximate surface area is 143 Å². The van der Waals surface area contributed by atoms with Crippen LogP contribution >= 0.6 is 11.3 Å². The number of rotatable bonds is 3. The van der Waals surface area contributed by atoms with E-state index in [1.165, 1.54) is 13.1 Å². The van der Waals surface area contributed by atoms with Gasteiger partial charge in [0.2, 0.25) is 5.91 Å². The molecular weight excluding hydrogens is 326 g/mol. The van der Waals surface area contributed by atoms with Gasteiger partial charge in [-0.3, -0.25) is 19.4 Å². The molecule has 24 heavy (non-hydrogen) atoms. The molecule has 3 rings (SSSR count). The van der Waals surface area contributed by atoms with Gasteiger partial charge in [0, 0.05) is 24.4 Å². The molecule has 1 aliphatic rings. The molecule has 0 aromatic carbocycles. The largest absolute Gasteiger partial charge is 0.302 e. The quantitative estimate of drug-likeness (QED) is 0.526. The van der Waals surface area contributed by atoms with E-state index < -0.39 is 5.92 Å². The van der Waals surface area contributed by atoms with Crippen LogP contribution in [-0.4, -0.2) is 27.4 Å². The lowest BCUT2D eigenvalue weighted by Gasteiger charge is -2.11. The maximum Gasteiger partial charge on any atom is 0.223 e. The summed E-state index contributed by atoms with van der Waals surface area (Å²) in [5.41, 5.74) is 1.95. The van der Waals surface area contributed by atoms with Gasteiger partial charge in [-0.15, -0.1) is 0 Å². The lowest BCUT2D eigenvalue weighted by molar-refractivity contribution is -0.114. The lowest BCUT2D eigenvalue weighted by Crippen LogP contribution is -2.23. The van der Waals surface area contributed by atoms with Gasteiger partial charge >= 0.3 is 0 Å². The fraction of sp³-hybridized carbons (Fsp3) is 0.353. The first-order chi connectivity index (χ1) is 11.5. The molecule has 0 saturated heterocycles. The van der Waals surface area contributed by atoms with E-state index in [2.05, 4.69) is 15.3 Å². The molecule has 2 aromatic rings. The second-order valence-corrected chi connectivity index (χ2v) is 6.84. The van der Waals surface area contributed by atoms with Crippen molar-refractivity contribution in [2.24, 2.45) is 5.92 Å². The molecule has 1 atom stereocenters. The number of nitrogens with one attached hydrogen (secondary N) is 1. The van der Waals surface area contributed by atoms with Crippen molar-refractivity contribution in [1.82, 2.24) is 9.97 Å². The van der Waals surface area contributed by atoms with Crippen LogP contribution in [0, 0.1) is 12.8 Å². The fourth-order valence-electron chi connectivity index (χ4n) is 2.75. The predicted molar refractivity (Wildman–Crippen MR) is 90.5 cm³/mol. The Morgan fingerprint density at radius 2 is 2.12 bits per heavy atom. The summed E-state index contributed by atoms with van der Waals surface area (Å²) in [6, 6.07) is 3.47. The van der Waals surface area contributed by atoms with Gasteiger partial charge in [-0.1, -0.05) is 11.3 Å². The molecule has 7 heteroatoms. The van der Waals surface area contributed by atoms with Crippen LogP contribution < -0.4 is 5.32 Å². The Balaban J connectivity index is 1.89. The van der Waals surface area contributed by atoms with Crippen molar-refractivity contribution in [2.45, 2.75) is 33.1 Å². The van der Waals surface area contributed by atoms with Gasteiger partial charge in [0.25, 0.3) is 0 Å². The molecule has 1 aliphatic carbocycles. The fourth-order valence-corrected chi connectivity index (χ4v) is 3.80. The van der Waals surface area contributed by atoms with E-state index in [-0.39, 0.29) is 17.5 Å². The Hall–Kier alpha value is -2.41. The van der Waals surface area contributed by atoms with E-state index in [1.807, 2.05) is 6.92 Å². The molecular formula is C17H17N3O3S. The number of aryl methyl sites for hydroxylation is 2. The minimum atomic E-state index is -0.707. The van der Waals surface area contributed by atoms with Crippen LogP contribution in [0.5, 0.6) is 0 Å². The summed E-state index contributed by atoms with van der Waals surface area (Å²) in [5.74, 6) is -1.34. The summed E-state index contributed by atoms with van der Waals surface area (Å²) in [6.45, 7) is 3.24. The summed E-state index contributed by atoms with van der Waals surface area (Å²) in [5, 5.41) is 3.01. The number of amides is 1. The predicted octanol–water partition coefficient (Wildman–Crippen LogP) is 2.82. The number of hydrogen-bond donors (Lipinski definition) is 1. The molecule has 0 spiro atoms. The van der Waals surface area contributed by atoms with Crippen molar-refractivity contribution in [3.05, 3.63) is 40.2 Å². The second-order valence-electron chi connectivity index (χ2n) is 5.84. The van der Waals surface area contributed by atoms with Crippen LogP contribution in [0.25, 0.3) is 0 Å². The summed E-state index contributed by atoms with van der Waals surface area (Å²) < 4.78 is 0. The highest BCUT2D eigenvalue weighted by atomic mass is 32.1. The lowest BCUT2D eigenvalue weighted by atomic mass is 9.91.